The van der Waals surface area contributed by atoms with E-state index >= 15 is 0 Å². The third-order valence-corrected chi connectivity index (χ3v) is 4.10. The molecule has 2 rings (SSSR count). The van der Waals surface area contributed by atoms with E-state index in [-0.39, 0.29) is 5.78 Å². The van der Waals surface area contributed by atoms with Gasteiger partial charge in [0, 0.05) is 0 Å². The number of rotatable bonds is 4. The van der Waals surface area contributed by atoms with Gasteiger partial charge in [-0.25, -0.2) is 0 Å². The molecule has 3 nitrogen and oxygen atoms in total. The van der Waals surface area contributed by atoms with E-state index in [0.717, 1.165) is 48.2 Å². The van der Waals surface area contributed by atoms with E-state index in [4.69, 9.17) is 0 Å². The summed E-state index contributed by atoms with van der Waals surface area (Å²) in [6, 6.07) is 0. The minimum Gasteiger partial charge on any atom is -0.288 e. The molecule has 0 radical (unpaired) electrons. The minimum atomic E-state index is 0.176. The Balaban J connectivity index is 2.15. The molecule has 0 atom stereocenters. The number of Topliss-reactive ketones (excluding diaryl/α,β-unsaturated/α-hetero) is 1. The molecular weight excluding hydrogens is 244 g/mol. The molecular formula is C14H20N2OS. The highest BCUT2D eigenvalue weighted by Crippen LogP contribution is 2.23. The van der Waals surface area contributed by atoms with Crippen LogP contribution >= 0.6 is 11.5 Å². The van der Waals surface area contributed by atoms with Gasteiger partial charge in [-0.1, -0.05) is 36.8 Å². The van der Waals surface area contributed by atoms with Crippen LogP contribution in [0.4, 0.5) is 0 Å². The molecule has 0 unspecified atom stereocenters. The van der Waals surface area contributed by atoms with Crippen molar-refractivity contribution < 1.29 is 4.79 Å². The Hall–Kier alpha value is -1.03. The fourth-order valence-corrected chi connectivity index (χ4v) is 3.01. The maximum absolute atomic E-state index is 12.5. The van der Waals surface area contributed by atoms with Crippen LogP contribution in [0, 0.1) is 0 Å². The molecule has 0 spiro atoms. The Morgan fingerprint density at radius 1 is 1.33 bits per heavy atom. The summed E-state index contributed by atoms with van der Waals surface area (Å²) in [5.74, 6) is 0.176. The molecule has 1 heterocycles. The number of nitrogens with zero attached hydrogens (tertiary/aromatic N) is 2. The average molecular weight is 264 g/mol. The number of hydrogen-bond donors (Lipinski definition) is 0. The summed E-state index contributed by atoms with van der Waals surface area (Å²) in [4.78, 5) is 13.3. The first-order valence-electron chi connectivity index (χ1n) is 6.88. The van der Waals surface area contributed by atoms with Crippen LogP contribution in [0.5, 0.6) is 0 Å². The predicted octanol–water partition coefficient (Wildman–Crippen LogP) is 3.95. The van der Waals surface area contributed by atoms with Crippen molar-refractivity contribution in [3.05, 3.63) is 22.2 Å². The second kappa shape index (κ2) is 6.78. The molecule has 0 aromatic carbocycles. The van der Waals surface area contributed by atoms with Gasteiger partial charge in [0.25, 0.3) is 0 Å². The van der Waals surface area contributed by atoms with Crippen LogP contribution < -0.4 is 0 Å². The van der Waals surface area contributed by atoms with Gasteiger partial charge in [0.15, 0.2) is 0 Å². The fraction of sp³-hybridized carbons (Fsp3) is 0.643. The topological polar surface area (TPSA) is 42.9 Å². The molecule has 0 fully saturated rings. The average Bonchev–Trinajstić information content (AvgIpc) is 2.76. The quantitative estimate of drug-likeness (QED) is 0.773. The predicted molar refractivity (Wildman–Crippen MR) is 74.0 cm³/mol. The van der Waals surface area contributed by atoms with Crippen molar-refractivity contribution in [3.8, 4) is 0 Å². The Labute approximate surface area is 112 Å². The number of aryl methyl sites for hydroxylation is 1. The Bertz CT molecular complexity index is 437. The van der Waals surface area contributed by atoms with Crippen LogP contribution in [-0.2, 0) is 6.42 Å². The summed E-state index contributed by atoms with van der Waals surface area (Å²) >= 11 is 1.25. The van der Waals surface area contributed by atoms with Gasteiger partial charge < -0.3 is 0 Å². The highest BCUT2D eigenvalue weighted by atomic mass is 32.1. The normalized spacial score (nSPS) is 16.8. The number of ketones is 1. The largest absolute Gasteiger partial charge is 0.288 e. The summed E-state index contributed by atoms with van der Waals surface area (Å²) in [6.07, 6.45) is 10.8. The van der Waals surface area contributed by atoms with E-state index in [1.165, 1.54) is 30.8 Å². The number of aromatic nitrogens is 2. The summed E-state index contributed by atoms with van der Waals surface area (Å²) in [7, 11) is 0. The van der Waals surface area contributed by atoms with Crippen molar-refractivity contribution in [2.75, 3.05) is 0 Å². The summed E-state index contributed by atoms with van der Waals surface area (Å²) in [6.45, 7) is 2.10. The molecule has 0 aliphatic heterocycles. The lowest BCUT2D eigenvalue weighted by atomic mass is 9.96. The van der Waals surface area contributed by atoms with Gasteiger partial charge in [-0.3, -0.25) is 4.79 Å². The molecule has 0 saturated heterocycles. The number of allylic oxidation sites excluding steroid dienone is 2. The van der Waals surface area contributed by atoms with Crippen molar-refractivity contribution in [1.82, 2.24) is 9.59 Å². The van der Waals surface area contributed by atoms with Crippen molar-refractivity contribution >= 4 is 17.3 Å². The van der Waals surface area contributed by atoms with E-state index in [2.05, 4.69) is 22.6 Å². The molecule has 1 aromatic rings. The SMILES string of the molecule is CCCc1nnsc1C(=O)C1=CCCCCCC1. The summed E-state index contributed by atoms with van der Waals surface area (Å²) < 4.78 is 3.94. The standard InChI is InChI=1S/C14H20N2OS/c1-2-8-12-14(18-16-15-12)13(17)11-9-6-4-3-5-7-10-11/h9H,2-8,10H2,1H3. The number of carbonyl (C=O) groups excluding carboxylic acids is 1. The second-order valence-electron chi connectivity index (χ2n) is 4.81. The summed E-state index contributed by atoms with van der Waals surface area (Å²) in [5.41, 5.74) is 1.87. The first-order chi connectivity index (χ1) is 8.83. The molecule has 0 N–H and O–H groups in total. The monoisotopic (exact) mass is 264 g/mol. The lowest BCUT2D eigenvalue weighted by molar-refractivity contribution is 0.103. The maximum atomic E-state index is 12.5. The Morgan fingerprint density at radius 2 is 2.17 bits per heavy atom. The molecule has 0 bridgehead atoms. The van der Waals surface area contributed by atoms with Gasteiger partial charge in [0.2, 0.25) is 5.78 Å². The van der Waals surface area contributed by atoms with Crippen molar-refractivity contribution in [2.45, 2.75) is 58.3 Å². The van der Waals surface area contributed by atoms with E-state index in [9.17, 15) is 4.79 Å². The van der Waals surface area contributed by atoms with Crippen LogP contribution in [0.3, 0.4) is 0 Å². The van der Waals surface area contributed by atoms with Gasteiger partial charge in [-0.2, -0.15) is 0 Å². The van der Waals surface area contributed by atoms with Crippen molar-refractivity contribution in [3.63, 3.8) is 0 Å². The molecule has 0 saturated carbocycles. The fourth-order valence-electron chi connectivity index (χ4n) is 2.33. The zero-order chi connectivity index (χ0) is 12.8. The third kappa shape index (κ3) is 3.25. The van der Waals surface area contributed by atoms with Gasteiger partial charge in [0.05, 0.1) is 5.69 Å². The van der Waals surface area contributed by atoms with E-state index in [0.29, 0.717) is 0 Å². The molecule has 18 heavy (non-hydrogen) atoms. The van der Waals surface area contributed by atoms with E-state index in [1.807, 2.05) is 0 Å². The summed E-state index contributed by atoms with van der Waals surface area (Å²) in [5, 5.41) is 4.08. The molecule has 1 aromatic heterocycles. The zero-order valence-electron chi connectivity index (χ0n) is 10.9. The van der Waals surface area contributed by atoms with E-state index in [1.54, 1.807) is 0 Å². The molecule has 1 aliphatic carbocycles. The highest BCUT2D eigenvalue weighted by Gasteiger charge is 2.19. The van der Waals surface area contributed by atoms with Crippen LogP contribution in [0.2, 0.25) is 0 Å². The first-order valence-corrected chi connectivity index (χ1v) is 7.65. The number of hydrogen-bond acceptors (Lipinski definition) is 4. The molecule has 1 aliphatic rings. The lowest BCUT2D eigenvalue weighted by Gasteiger charge is -2.09. The van der Waals surface area contributed by atoms with Crippen LogP contribution in [0.15, 0.2) is 11.6 Å². The first kappa shape index (κ1) is 13.4. The van der Waals surface area contributed by atoms with Gasteiger partial charge in [-0.15, -0.1) is 5.10 Å². The van der Waals surface area contributed by atoms with Gasteiger partial charge in [0.1, 0.15) is 4.88 Å². The van der Waals surface area contributed by atoms with Gasteiger partial charge >= 0.3 is 0 Å². The maximum Gasteiger partial charge on any atom is 0.202 e. The zero-order valence-corrected chi connectivity index (χ0v) is 11.8. The second-order valence-corrected chi connectivity index (χ2v) is 5.56. The Kier molecular flexibility index (Phi) is 5.05. The van der Waals surface area contributed by atoms with Crippen molar-refractivity contribution in [1.29, 1.82) is 0 Å². The van der Waals surface area contributed by atoms with Crippen LogP contribution in [-0.4, -0.2) is 15.4 Å². The van der Waals surface area contributed by atoms with Crippen molar-refractivity contribution in [2.24, 2.45) is 0 Å². The van der Waals surface area contributed by atoms with Gasteiger partial charge in [-0.05, 0) is 49.2 Å². The third-order valence-electron chi connectivity index (χ3n) is 3.33. The molecule has 98 valence electrons. The smallest absolute Gasteiger partial charge is 0.202 e. The Morgan fingerprint density at radius 3 is 3.00 bits per heavy atom. The highest BCUT2D eigenvalue weighted by molar-refractivity contribution is 7.08. The molecule has 0 amide bonds. The minimum absolute atomic E-state index is 0.176. The number of carbonyl (C=O) groups is 1. The van der Waals surface area contributed by atoms with E-state index < -0.39 is 0 Å². The molecule has 4 heteroatoms. The van der Waals surface area contributed by atoms with Crippen LogP contribution in [0.1, 0.15) is 67.2 Å². The van der Waals surface area contributed by atoms with Crippen LogP contribution in [0.25, 0.3) is 0 Å². The lowest BCUT2D eigenvalue weighted by Crippen LogP contribution is -2.06.